The van der Waals surface area contributed by atoms with Crippen LogP contribution in [0, 0.1) is 5.92 Å². The molecule has 0 aliphatic carbocycles. The third-order valence-corrected chi connectivity index (χ3v) is 3.25. The van der Waals surface area contributed by atoms with Crippen molar-refractivity contribution >= 4 is 35.0 Å². The summed E-state index contributed by atoms with van der Waals surface area (Å²) >= 11 is 11.5. The van der Waals surface area contributed by atoms with Crippen molar-refractivity contribution in [2.75, 3.05) is 0 Å². The van der Waals surface area contributed by atoms with E-state index in [1.54, 1.807) is 13.0 Å². The summed E-state index contributed by atoms with van der Waals surface area (Å²) in [5.74, 6) is -1.85. The number of benzene rings is 1. The van der Waals surface area contributed by atoms with Gasteiger partial charge in [0.2, 0.25) is 0 Å². The number of halogens is 2. The summed E-state index contributed by atoms with van der Waals surface area (Å²) < 4.78 is 0. The fourth-order valence-electron chi connectivity index (χ4n) is 1.42. The maximum Gasteiger partial charge on any atom is 0.306 e. The van der Waals surface area contributed by atoms with Crippen LogP contribution in [0.3, 0.4) is 0 Å². The number of hydrogen-bond acceptors (Lipinski definition) is 2. The number of Topliss-reactive ketones (excluding diaryl/α,β-unsaturated/α-hetero) is 1. The van der Waals surface area contributed by atoms with Gasteiger partial charge in [0.1, 0.15) is 0 Å². The van der Waals surface area contributed by atoms with Gasteiger partial charge in [-0.25, -0.2) is 0 Å². The molecular formula is C12H12Cl2O3. The number of rotatable bonds is 5. The first-order chi connectivity index (χ1) is 7.95. The lowest BCUT2D eigenvalue weighted by atomic mass is 9.96. The predicted octanol–water partition coefficient (Wildman–Crippen LogP) is 3.68. The van der Waals surface area contributed by atoms with E-state index >= 15 is 0 Å². The molecular weight excluding hydrogens is 263 g/mol. The fourth-order valence-corrected chi connectivity index (χ4v) is 1.72. The Kier molecular flexibility index (Phi) is 4.97. The molecule has 0 amide bonds. The highest BCUT2D eigenvalue weighted by Gasteiger charge is 2.20. The highest BCUT2D eigenvalue weighted by Crippen LogP contribution is 2.24. The monoisotopic (exact) mass is 274 g/mol. The molecule has 3 nitrogen and oxygen atoms in total. The summed E-state index contributed by atoms with van der Waals surface area (Å²) in [5, 5.41) is 9.53. The number of carbonyl (C=O) groups is 2. The molecule has 1 atom stereocenters. The van der Waals surface area contributed by atoms with Gasteiger partial charge in [-0.1, -0.05) is 30.1 Å². The maximum absolute atomic E-state index is 11.8. The van der Waals surface area contributed by atoms with E-state index in [9.17, 15) is 9.59 Å². The normalized spacial score (nSPS) is 12.2. The summed E-state index contributed by atoms with van der Waals surface area (Å²) in [6.45, 7) is 1.74. The average Bonchev–Trinajstić information content (AvgIpc) is 2.28. The van der Waals surface area contributed by atoms with Crippen LogP contribution >= 0.6 is 23.2 Å². The molecule has 5 heteroatoms. The molecule has 0 heterocycles. The molecule has 1 N–H and O–H groups in total. The molecule has 0 aliphatic rings. The van der Waals surface area contributed by atoms with Crippen molar-refractivity contribution in [3.8, 4) is 0 Å². The van der Waals surface area contributed by atoms with Crippen LogP contribution < -0.4 is 0 Å². The lowest BCUT2D eigenvalue weighted by Crippen LogP contribution is -2.17. The first-order valence-corrected chi connectivity index (χ1v) is 5.92. The highest BCUT2D eigenvalue weighted by atomic mass is 35.5. The van der Waals surface area contributed by atoms with Gasteiger partial charge in [0, 0.05) is 12.0 Å². The van der Waals surface area contributed by atoms with Crippen molar-refractivity contribution in [1.82, 2.24) is 0 Å². The Morgan fingerprint density at radius 1 is 1.29 bits per heavy atom. The number of hydrogen-bond donors (Lipinski definition) is 1. The van der Waals surface area contributed by atoms with Gasteiger partial charge in [-0.15, -0.1) is 0 Å². The number of carboxylic acid groups (broad SMARTS) is 1. The minimum absolute atomic E-state index is 0.0240. The van der Waals surface area contributed by atoms with Gasteiger partial charge in [0.15, 0.2) is 5.78 Å². The van der Waals surface area contributed by atoms with E-state index in [0.717, 1.165) is 0 Å². The Morgan fingerprint density at radius 2 is 1.94 bits per heavy atom. The van der Waals surface area contributed by atoms with Gasteiger partial charge in [-0.3, -0.25) is 9.59 Å². The Balaban J connectivity index is 2.82. The fraction of sp³-hybridized carbons (Fsp3) is 0.333. The van der Waals surface area contributed by atoms with Gasteiger partial charge >= 0.3 is 5.97 Å². The molecule has 0 spiro atoms. The second-order valence-corrected chi connectivity index (χ2v) is 4.51. The van der Waals surface area contributed by atoms with Crippen LogP contribution in [0.1, 0.15) is 30.1 Å². The highest BCUT2D eigenvalue weighted by molar-refractivity contribution is 6.42. The zero-order valence-corrected chi connectivity index (χ0v) is 10.8. The lowest BCUT2D eigenvalue weighted by Gasteiger charge is -2.08. The molecule has 0 aromatic heterocycles. The van der Waals surface area contributed by atoms with Crippen LogP contribution in [0.25, 0.3) is 0 Å². The first-order valence-electron chi connectivity index (χ1n) is 5.16. The summed E-state index contributed by atoms with van der Waals surface area (Å²) in [4.78, 5) is 22.6. The number of carbonyl (C=O) groups excluding carboxylic acids is 1. The van der Waals surface area contributed by atoms with Crippen molar-refractivity contribution in [3.05, 3.63) is 33.8 Å². The van der Waals surface area contributed by atoms with E-state index in [2.05, 4.69) is 0 Å². The minimum atomic E-state index is -0.957. The van der Waals surface area contributed by atoms with Gasteiger partial charge in [-0.2, -0.15) is 0 Å². The molecule has 0 aliphatic heterocycles. The number of ketones is 1. The zero-order valence-electron chi connectivity index (χ0n) is 9.24. The molecule has 0 saturated carbocycles. The Bertz CT molecular complexity index is 443. The summed E-state index contributed by atoms with van der Waals surface area (Å²) in [7, 11) is 0. The number of aliphatic carboxylic acids is 1. The Morgan fingerprint density at radius 3 is 2.41 bits per heavy atom. The lowest BCUT2D eigenvalue weighted by molar-refractivity contribution is -0.141. The van der Waals surface area contributed by atoms with Crippen molar-refractivity contribution in [2.45, 2.75) is 19.8 Å². The second kappa shape index (κ2) is 6.03. The number of carboxylic acids is 1. The molecule has 1 unspecified atom stereocenters. The quantitative estimate of drug-likeness (QED) is 0.834. The summed E-state index contributed by atoms with van der Waals surface area (Å²) in [5.41, 5.74) is 0.388. The van der Waals surface area contributed by atoms with Gasteiger partial charge < -0.3 is 5.11 Å². The molecule has 0 saturated heterocycles. The van der Waals surface area contributed by atoms with Crippen LogP contribution in [0.4, 0.5) is 0 Å². The van der Waals surface area contributed by atoms with Crippen molar-refractivity contribution in [3.63, 3.8) is 0 Å². The van der Waals surface area contributed by atoms with E-state index in [-0.39, 0.29) is 12.2 Å². The third kappa shape index (κ3) is 3.72. The molecule has 17 heavy (non-hydrogen) atoms. The average molecular weight is 275 g/mol. The van der Waals surface area contributed by atoms with Gasteiger partial charge in [0.05, 0.1) is 16.0 Å². The standard InChI is InChI=1S/C12H12Cl2O3/c1-2-7(12(16)17)6-11(15)8-3-4-9(13)10(14)5-8/h3-5,7H,2,6H2,1H3,(H,16,17). The Hall–Kier alpha value is -1.06. The first kappa shape index (κ1) is 14.0. The molecule has 0 bridgehead atoms. The predicted molar refractivity (Wildman–Crippen MR) is 66.8 cm³/mol. The Labute approximate surface area is 109 Å². The third-order valence-electron chi connectivity index (χ3n) is 2.52. The smallest absolute Gasteiger partial charge is 0.306 e. The topological polar surface area (TPSA) is 54.4 Å². The van der Waals surface area contributed by atoms with E-state index in [1.807, 2.05) is 0 Å². The molecule has 0 radical (unpaired) electrons. The van der Waals surface area contributed by atoms with Crippen LogP contribution in [0.15, 0.2) is 18.2 Å². The largest absolute Gasteiger partial charge is 0.481 e. The van der Waals surface area contributed by atoms with E-state index < -0.39 is 11.9 Å². The zero-order chi connectivity index (χ0) is 13.0. The van der Waals surface area contributed by atoms with Crippen molar-refractivity contribution in [1.29, 1.82) is 0 Å². The van der Waals surface area contributed by atoms with Crippen molar-refractivity contribution in [2.24, 2.45) is 5.92 Å². The minimum Gasteiger partial charge on any atom is -0.481 e. The van der Waals surface area contributed by atoms with Crippen LogP contribution in [0.5, 0.6) is 0 Å². The van der Waals surface area contributed by atoms with E-state index in [4.69, 9.17) is 28.3 Å². The molecule has 92 valence electrons. The second-order valence-electron chi connectivity index (χ2n) is 3.70. The van der Waals surface area contributed by atoms with Gasteiger partial charge in [0.25, 0.3) is 0 Å². The summed E-state index contributed by atoms with van der Waals surface area (Å²) in [6.07, 6.45) is 0.395. The molecule has 1 rings (SSSR count). The SMILES string of the molecule is CCC(CC(=O)c1ccc(Cl)c(Cl)c1)C(=O)O. The maximum atomic E-state index is 11.8. The molecule has 1 aromatic carbocycles. The van der Waals surface area contributed by atoms with Crippen LogP contribution in [-0.2, 0) is 4.79 Å². The van der Waals surface area contributed by atoms with Crippen molar-refractivity contribution < 1.29 is 14.7 Å². The molecule has 1 aromatic rings. The van der Waals surface area contributed by atoms with Gasteiger partial charge in [-0.05, 0) is 24.6 Å². The van der Waals surface area contributed by atoms with Crippen LogP contribution in [-0.4, -0.2) is 16.9 Å². The van der Waals surface area contributed by atoms with E-state index in [1.165, 1.54) is 12.1 Å². The summed E-state index contributed by atoms with van der Waals surface area (Å²) in [6, 6.07) is 4.53. The van der Waals surface area contributed by atoms with E-state index in [0.29, 0.717) is 22.0 Å². The molecule has 0 fully saturated rings. The van der Waals surface area contributed by atoms with Crippen LogP contribution in [0.2, 0.25) is 10.0 Å².